The van der Waals surface area contributed by atoms with E-state index in [4.69, 9.17) is 9.84 Å². The maximum absolute atomic E-state index is 8.42. The molecule has 1 aliphatic rings. The molecule has 0 atom stereocenters. The summed E-state index contributed by atoms with van der Waals surface area (Å²) in [6.45, 7) is 1.74. The van der Waals surface area contributed by atoms with E-state index in [1.165, 1.54) is 0 Å². The van der Waals surface area contributed by atoms with Crippen molar-refractivity contribution in [2.75, 3.05) is 19.8 Å². The molecule has 9 heavy (non-hydrogen) atoms. The van der Waals surface area contributed by atoms with Crippen molar-refractivity contribution in [2.45, 2.75) is 12.8 Å². The maximum Gasteiger partial charge on any atom is 0.183 e. The van der Waals surface area contributed by atoms with E-state index in [9.17, 15) is 0 Å². The van der Waals surface area contributed by atoms with E-state index >= 15 is 0 Å². The van der Waals surface area contributed by atoms with E-state index < -0.39 is 0 Å². The summed E-state index contributed by atoms with van der Waals surface area (Å²) in [7, 11) is 0. The summed E-state index contributed by atoms with van der Waals surface area (Å²) >= 11 is 0. The van der Waals surface area contributed by atoms with Crippen LogP contribution in [-0.2, 0) is 4.74 Å². The summed E-state index contributed by atoms with van der Waals surface area (Å²) in [5.74, 6) is 0.809. The lowest BCUT2D eigenvalue weighted by molar-refractivity contribution is 0.282. The van der Waals surface area contributed by atoms with Gasteiger partial charge in [0.2, 0.25) is 0 Å². The van der Waals surface area contributed by atoms with Crippen molar-refractivity contribution in [3.8, 4) is 0 Å². The quantitative estimate of drug-likeness (QED) is 0.591. The monoisotopic (exact) mass is 129 g/mol. The van der Waals surface area contributed by atoms with E-state index in [0.717, 1.165) is 31.9 Å². The molecule has 0 aromatic heterocycles. The summed E-state index contributed by atoms with van der Waals surface area (Å²) < 4.78 is 5.09. The topological polar surface area (TPSA) is 41.8 Å². The predicted molar refractivity (Wildman–Crippen MR) is 34.6 cm³/mol. The number of nitrogens with zero attached hydrogens (tertiary/aromatic N) is 1. The molecule has 0 aromatic rings. The highest BCUT2D eigenvalue weighted by Crippen LogP contribution is 2.00. The Labute approximate surface area is 54.4 Å². The van der Waals surface area contributed by atoms with Gasteiger partial charge in [0.1, 0.15) is 6.61 Å². The Morgan fingerprint density at radius 1 is 1.67 bits per heavy atom. The lowest BCUT2D eigenvalue weighted by Crippen LogP contribution is -1.99. The third-order valence-electron chi connectivity index (χ3n) is 1.20. The summed E-state index contributed by atoms with van der Waals surface area (Å²) in [6.07, 6.45) is 1.55. The van der Waals surface area contributed by atoms with Crippen molar-refractivity contribution >= 4 is 5.90 Å². The van der Waals surface area contributed by atoms with Gasteiger partial charge in [-0.3, -0.25) is 4.99 Å². The third-order valence-corrected chi connectivity index (χ3v) is 1.20. The number of hydrogen-bond acceptors (Lipinski definition) is 3. The van der Waals surface area contributed by atoms with Crippen LogP contribution in [0.1, 0.15) is 12.8 Å². The molecule has 0 bridgehead atoms. The molecule has 0 unspecified atom stereocenters. The second kappa shape index (κ2) is 3.45. The van der Waals surface area contributed by atoms with Gasteiger partial charge in [0, 0.05) is 13.0 Å². The SMILES string of the molecule is OCCCC1=NCCO1. The fraction of sp³-hybridized carbons (Fsp3) is 0.833. The molecule has 0 saturated carbocycles. The molecule has 1 N–H and O–H groups in total. The van der Waals surface area contributed by atoms with Gasteiger partial charge >= 0.3 is 0 Å². The summed E-state index contributed by atoms with van der Waals surface area (Å²) in [5.41, 5.74) is 0. The van der Waals surface area contributed by atoms with Crippen LogP contribution in [0.25, 0.3) is 0 Å². The van der Waals surface area contributed by atoms with Crippen LogP contribution in [-0.4, -0.2) is 30.8 Å². The molecule has 1 heterocycles. The third kappa shape index (κ3) is 2.01. The Morgan fingerprint density at radius 3 is 3.11 bits per heavy atom. The average molecular weight is 129 g/mol. The average Bonchev–Trinajstić information content (AvgIpc) is 2.34. The second-order valence-electron chi connectivity index (χ2n) is 1.95. The summed E-state index contributed by atoms with van der Waals surface area (Å²) in [4.78, 5) is 4.06. The van der Waals surface area contributed by atoms with Crippen LogP contribution in [0.3, 0.4) is 0 Å². The Morgan fingerprint density at radius 2 is 2.56 bits per heavy atom. The van der Waals surface area contributed by atoms with E-state index in [2.05, 4.69) is 4.99 Å². The molecule has 3 heteroatoms. The van der Waals surface area contributed by atoms with Gasteiger partial charge in [-0.25, -0.2) is 0 Å². The standard InChI is InChI=1S/C6H11NO2/c8-4-1-2-6-7-3-5-9-6/h8H,1-5H2. The second-order valence-corrected chi connectivity index (χ2v) is 1.95. The molecule has 0 spiro atoms. The molecule has 0 radical (unpaired) electrons. The van der Waals surface area contributed by atoms with Gasteiger partial charge < -0.3 is 9.84 Å². The lowest BCUT2D eigenvalue weighted by Gasteiger charge is -1.96. The molecule has 0 saturated heterocycles. The number of rotatable bonds is 3. The van der Waals surface area contributed by atoms with Crippen LogP contribution in [0, 0.1) is 0 Å². The molecule has 0 amide bonds. The Balaban J connectivity index is 2.11. The minimum atomic E-state index is 0.225. The van der Waals surface area contributed by atoms with E-state index in [1.54, 1.807) is 0 Å². The van der Waals surface area contributed by atoms with Crippen molar-refractivity contribution in [3.05, 3.63) is 0 Å². The number of ether oxygens (including phenoxy) is 1. The van der Waals surface area contributed by atoms with Crippen LogP contribution in [0.15, 0.2) is 4.99 Å². The Bertz CT molecular complexity index is 112. The van der Waals surface area contributed by atoms with Crippen molar-refractivity contribution < 1.29 is 9.84 Å². The first kappa shape index (κ1) is 6.55. The molecule has 52 valence electrons. The first-order chi connectivity index (χ1) is 4.43. The molecule has 0 aliphatic carbocycles. The van der Waals surface area contributed by atoms with E-state index in [0.29, 0.717) is 0 Å². The van der Waals surface area contributed by atoms with Gasteiger partial charge in [-0.2, -0.15) is 0 Å². The van der Waals surface area contributed by atoms with Gasteiger partial charge in [0.15, 0.2) is 5.90 Å². The Hall–Kier alpha value is -0.570. The van der Waals surface area contributed by atoms with Gasteiger partial charge in [-0.1, -0.05) is 0 Å². The molecule has 1 aliphatic heterocycles. The zero-order valence-electron chi connectivity index (χ0n) is 5.34. The fourth-order valence-corrected chi connectivity index (χ4v) is 0.761. The van der Waals surface area contributed by atoms with Crippen LogP contribution >= 0.6 is 0 Å². The normalized spacial score (nSPS) is 17.2. The Kier molecular flexibility index (Phi) is 2.51. The highest BCUT2D eigenvalue weighted by molar-refractivity contribution is 5.77. The summed E-state index contributed by atoms with van der Waals surface area (Å²) in [5, 5.41) is 8.42. The van der Waals surface area contributed by atoms with Crippen molar-refractivity contribution in [3.63, 3.8) is 0 Å². The van der Waals surface area contributed by atoms with Crippen molar-refractivity contribution in [2.24, 2.45) is 4.99 Å². The van der Waals surface area contributed by atoms with E-state index in [1.807, 2.05) is 0 Å². The lowest BCUT2D eigenvalue weighted by atomic mass is 10.3. The first-order valence-electron chi connectivity index (χ1n) is 3.20. The van der Waals surface area contributed by atoms with Gasteiger partial charge in [-0.15, -0.1) is 0 Å². The smallest absolute Gasteiger partial charge is 0.183 e. The number of aliphatic hydroxyl groups is 1. The minimum absolute atomic E-state index is 0.225. The first-order valence-corrected chi connectivity index (χ1v) is 3.20. The fourth-order valence-electron chi connectivity index (χ4n) is 0.761. The number of aliphatic imine (C=N–C) groups is 1. The predicted octanol–water partition coefficient (Wildman–Crippen LogP) is 0.188. The molecule has 0 fully saturated rings. The molecular formula is C6H11NO2. The summed E-state index contributed by atoms with van der Waals surface area (Å²) in [6, 6.07) is 0. The highest BCUT2D eigenvalue weighted by Gasteiger charge is 2.04. The van der Waals surface area contributed by atoms with Crippen LogP contribution in [0.4, 0.5) is 0 Å². The largest absolute Gasteiger partial charge is 0.479 e. The molecule has 0 aromatic carbocycles. The van der Waals surface area contributed by atoms with Crippen molar-refractivity contribution in [1.29, 1.82) is 0 Å². The van der Waals surface area contributed by atoms with Crippen LogP contribution in [0.2, 0.25) is 0 Å². The zero-order valence-corrected chi connectivity index (χ0v) is 5.34. The number of aliphatic hydroxyl groups excluding tert-OH is 1. The number of hydrogen-bond donors (Lipinski definition) is 1. The molecule has 1 rings (SSSR count). The van der Waals surface area contributed by atoms with Crippen molar-refractivity contribution in [1.82, 2.24) is 0 Å². The molecule has 3 nitrogen and oxygen atoms in total. The van der Waals surface area contributed by atoms with Crippen LogP contribution in [0.5, 0.6) is 0 Å². The van der Waals surface area contributed by atoms with E-state index in [-0.39, 0.29) is 6.61 Å². The minimum Gasteiger partial charge on any atom is -0.479 e. The maximum atomic E-state index is 8.42. The zero-order chi connectivity index (χ0) is 6.53. The van der Waals surface area contributed by atoms with Gasteiger partial charge in [0.25, 0.3) is 0 Å². The van der Waals surface area contributed by atoms with Crippen LogP contribution < -0.4 is 0 Å². The van der Waals surface area contributed by atoms with Gasteiger partial charge in [-0.05, 0) is 6.42 Å². The highest BCUT2D eigenvalue weighted by atomic mass is 16.5. The molecular weight excluding hydrogens is 118 g/mol. The van der Waals surface area contributed by atoms with Gasteiger partial charge in [0.05, 0.1) is 6.54 Å².